The van der Waals surface area contributed by atoms with Gasteiger partial charge in [-0.05, 0) is 136 Å². The predicted octanol–water partition coefficient (Wildman–Crippen LogP) is 4.77. The van der Waals surface area contributed by atoms with Gasteiger partial charge in [-0.2, -0.15) is 0 Å². The first-order valence-electron chi connectivity index (χ1n) is 25.1. The topological polar surface area (TPSA) is 186 Å². The van der Waals surface area contributed by atoms with E-state index in [0.29, 0.717) is 52.8 Å². The number of rotatable bonds is 10. The van der Waals surface area contributed by atoms with E-state index < -0.39 is 17.9 Å². The average Bonchev–Trinajstić information content (AvgIpc) is 4.09. The number of anilines is 4. The fourth-order valence-corrected chi connectivity index (χ4v) is 12.0. The number of imide groups is 1. The number of piperazine rings is 1. The number of aliphatic imine (C=N–C) groups is 1. The molecule has 1 saturated carbocycles. The average molecular weight is 948 g/mol. The van der Waals surface area contributed by atoms with Crippen LogP contribution in [0.15, 0.2) is 71.0 Å². The van der Waals surface area contributed by atoms with Crippen LogP contribution in [0.3, 0.4) is 0 Å². The second-order valence-corrected chi connectivity index (χ2v) is 20.5. The summed E-state index contributed by atoms with van der Waals surface area (Å²) < 4.78 is 1.67. The van der Waals surface area contributed by atoms with E-state index in [1.165, 1.54) is 12.8 Å². The lowest BCUT2D eigenvalue weighted by atomic mass is 9.91. The lowest BCUT2D eigenvalue weighted by Crippen LogP contribution is -2.54. The van der Waals surface area contributed by atoms with Crippen molar-refractivity contribution < 1.29 is 24.0 Å². The highest BCUT2D eigenvalue weighted by molar-refractivity contribution is 6.24. The molecule has 70 heavy (non-hydrogen) atoms. The van der Waals surface area contributed by atoms with Gasteiger partial charge in [0.2, 0.25) is 5.95 Å². The number of tetrazole rings is 1. The van der Waals surface area contributed by atoms with Crippen LogP contribution in [0.1, 0.15) is 109 Å². The molecule has 4 aromatic rings. The van der Waals surface area contributed by atoms with E-state index in [2.05, 4.69) is 59.5 Å². The Morgan fingerprint density at radius 3 is 2.36 bits per heavy atom. The first-order valence-corrected chi connectivity index (χ1v) is 25.1. The van der Waals surface area contributed by atoms with Crippen LogP contribution >= 0.6 is 0 Å². The Kier molecular flexibility index (Phi) is 12.2. The summed E-state index contributed by atoms with van der Waals surface area (Å²) >= 11 is 0. The zero-order valence-corrected chi connectivity index (χ0v) is 40.5. The third kappa shape index (κ3) is 8.47. The zero-order valence-electron chi connectivity index (χ0n) is 40.5. The minimum Gasteiger partial charge on any atom is -0.371 e. The molecule has 8 heterocycles. The van der Waals surface area contributed by atoms with Crippen LogP contribution in [0.25, 0.3) is 0 Å². The van der Waals surface area contributed by atoms with Gasteiger partial charge in [-0.15, -0.1) is 0 Å². The number of carbonyl (C=O) groups excluding carboxylic acids is 5. The monoisotopic (exact) mass is 947 g/mol. The standard InChI is InChI=1S/C52H61N13O5/c1-31-28-63(46-23-36(11-16-53-46)48-42-24-38(6-5-37(42)27-54-48)55-49(68)47-32(2)59(4)52-56-57-58-65(52)33(47)3)22-21-62(31)30-35-12-17-60(18-13-35)29-34-14-19-61(20-15-34)39-7-9-41-43(25-39)51(70)64(50(41)69)44-10-8-40(66)26-45(44)67/h5-7,9,11,16,23-25,31,33-35,44H,8,10,12-15,17-22,26-30H2,1-4H3,(H,55,68)/t31-,33+,44?/m0/s1. The van der Waals surface area contributed by atoms with Crippen LogP contribution in [0.5, 0.6) is 0 Å². The molecule has 0 bridgehead atoms. The van der Waals surface area contributed by atoms with Gasteiger partial charge in [0.1, 0.15) is 11.6 Å². The van der Waals surface area contributed by atoms with E-state index in [-0.39, 0.29) is 42.8 Å². The zero-order chi connectivity index (χ0) is 48.4. The number of ketones is 2. The fourth-order valence-electron chi connectivity index (χ4n) is 12.0. The van der Waals surface area contributed by atoms with Crippen molar-refractivity contribution in [2.24, 2.45) is 16.8 Å². The molecule has 364 valence electrons. The number of nitrogens with one attached hydrogen (secondary N) is 1. The molecule has 3 amide bonds. The summed E-state index contributed by atoms with van der Waals surface area (Å²) in [7, 11) is 1.86. The maximum absolute atomic E-state index is 13.7. The summed E-state index contributed by atoms with van der Waals surface area (Å²) in [5, 5.41) is 15.2. The number of Topliss-reactive ketones (excluding diaryl/α,β-unsaturated/α-hetero) is 2. The molecule has 18 heteroatoms. The molecule has 1 unspecified atom stereocenters. The molecule has 1 aliphatic carbocycles. The summed E-state index contributed by atoms with van der Waals surface area (Å²) in [5.74, 6) is 1.34. The maximum atomic E-state index is 13.7. The van der Waals surface area contributed by atoms with Crippen molar-refractivity contribution in [3.05, 3.63) is 93.8 Å². The molecule has 3 saturated heterocycles. The molecule has 1 N–H and O–H groups in total. The highest BCUT2D eigenvalue weighted by atomic mass is 16.2. The van der Waals surface area contributed by atoms with E-state index >= 15 is 0 Å². The van der Waals surface area contributed by atoms with Crippen LogP contribution in [-0.2, 0) is 20.9 Å². The van der Waals surface area contributed by atoms with Gasteiger partial charge in [0, 0.05) is 99.7 Å². The number of benzene rings is 2. The van der Waals surface area contributed by atoms with Gasteiger partial charge < -0.3 is 24.9 Å². The van der Waals surface area contributed by atoms with E-state index in [4.69, 9.17) is 9.98 Å². The second kappa shape index (κ2) is 18.6. The van der Waals surface area contributed by atoms with Gasteiger partial charge in [-0.25, -0.2) is 9.67 Å². The number of likely N-dealkylation sites (tertiary alicyclic amines) is 1. The first kappa shape index (κ1) is 45.8. The smallest absolute Gasteiger partial charge is 0.262 e. The van der Waals surface area contributed by atoms with Crippen LogP contribution in [0, 0.1) is 11.8 Å². The molecule has 18 nitrogen and oxygen atoms in total. The van der Waals surface area contributed by atoms with Crippen LogP contribution < -0.4 is 20.0 Å². The molecule has 3 atom stereocenters. The Morgan fingerprint density at radius 2 is 1.57 bits per heavy atom. The van der Waals surface area contributed by atoms with Crippen molar-refractivity contribution >= 4 is 58.1 Å². The molecular weight excluding hydrogens is 887 g/mol. The van der Waals surface area contributed by atoms with E-state index in [9.17, 15) is 24.0 Å². The lowest BCUT2D eigenvalue weighted by molar-refractivity contribution is -0.132. The van der Waals surface area contributed by atoms with Crippen molar-refractivity contribution in [2.75, 3.05) is 86.0 Å². The fraction of sp³-hybridized carbons (Fsp3) is 0.500. The number of amides is 3. The molecule has 4 fully saturated rings. The summed E-state index contributed by atoms with van der Waals surface area (Å²) in [6, 6.07) is 14.9. The molecule has 2 aromatic carbocycles. The molecule has 0 radical (unpaired) electrons. The quantitative estimate of drug-likeness (QED) is 0.169. The minimum absolute atomic E-state index is 0.132. The normalized spacial score (nSPS) is 23.8. The Hall–Kier alpha value is -6.66. The van der Waals surface area contributed by atoms with E-state index in [1.807, 2.05) is 62.3 Å². The van der Waals surface area contributed by atoms with Gasteiger partial charge in [0.25, 0.3) is 17.7 Å². The highest BCUT2D eigenvalue weighted by Gasteiger charge is 2.45. The number of hydrogen-bond acceptors (Lipinski definition) is 15. The SMILES string of the molecule is CC1=C(C(=O)Nc2ccc3c(c2)C(c2ccnc(N4CCN(CC5CCN(CC6CCN(c7ccc8c(c7)C(=O)N(C7CCC(=O)CC7=O)C8=O)CC6)CC5)[C@@H](C)C4)c2)=NC3)[C@@H](C)n2nnnc2N1C. The van der Waals surface area contributed by atoms with Crippen molar-refractivity contribution in [1.82, 2.24) is 39.9 Å². The van der Waals surface area contributed by atoms with Crippen LogP contribution in [-0.4, -0.2) is 153 Å². The van der Waals surface area contributed by atoms with Gasteiger partial charge in [-0.3, -0.25) is 38.8 Å². The second-order valence-electron chi connectivity index (χ2n) is 20.5. The summed E-state index contributed by atoms with van der Waals surface area (Å²) in [6.45, 7) is 15.9. The third-order valence-corrected chi connectivity index (χ3v) is 16.2. The summed E-state index contributed by atoms with van der Waals surface area (Å²) in [4.78, 5) is 87.6. The van der Waals surface area contributed by atoms with Gasteiger partial charge in [0.05, 0.1) is 47.5 Å². The number of fused-ring (bicyclic) bond motifs is 3. The molecule has 0 spiro atoms. The van der Waals surface area contributed by atoms with Crippen molar-refractivity contribution in [3.8, 4) is 0 Å². The molecule has 2 aromatic heterocycles. The van der Waals surface area contributed by atoms with Gasteiger partial charge in [0.15, 0.2) is 5.78 Å². The molecular formula is C52H61N13O5. The molecule has 7 aliphatic rings. The van der Waals surface area contributed by atoms with Crippen LogP contribution in [0.2, 0.25) is 0 Å². The number of piperidine rings is 2. The Morgan fingerprint density at radius 1 is 0.800 bits per heavy atom. The number of allylic oxidation sites excluding steroid dienone is 1. The Labute approximate surface area is 407 Å². The highest BCUT2D eigenvalue weighted by Crippen LogP contribution is 2.36. The number of pyridine rings is 1. The number of aromatic nitrogens is 5. The Balaban J connectivity index is 0.637. The number of nitrogens with zero attached hydrogens (tertiary/aromatic N) is 12. The predicted molar refractivity (Wildman–Crippen MR) is 264 cm³/mol. The summed E-state index contributed by atoms with van der Waals surface area (Å²) in [6.07, 6.45) is 6.67. The first-order chi connectivity index (χ1) is 33.9. The third-order valence-electron chi connectivity index (χ3n) is 16.2. The molecule has 11 rings (SSSR count). The van der Waals surface area contributed by atoms with E-state index in [0.717, 1.165) is 116 Å². The van der Waals surface area contributed by atoms with Crippen molar-refractivity contribution in [1.29, 1.82) is 0 Å². The Bertz CT molecular complexity index is 2840. The van der Waals surface area contributed by atoms with Crippen LogP contribution in [0.4, 0.5) is 23.1 Å². The van der Waals surface area contributed by atoms with Gasteiger partial charge >= 0.3 is 0 Å². The van der Waals surface area contributed by atoms with Crippen molar-refractivity contribution in [3.63, 3.8) is 0 Å². The van der Waals surface area contributed by atoms with Gasteiger partial charge in [-0.1, -0.05) is 11.2 Å². The number of carbonyl (C=O) groups is 5. The summed E-state index contributed by atoms with van der Waals surface area (Å²) in [5.41, 5.74) is 7.84. The lowest BCUT2D eigenvalue weighted by Gasteiger charge is -2.43. The maximum Gasteiger partial charge on any atom is 0.262 e. The van der Waals surface area contributed by atoms with Crippen molar-refractivity contribution in [2.45, 2.75) is 90.4 Å². The minimum atomic E-state index is -0.851. The largest absolute Gasteiger partial charge is 0.371 e. The van der Waals surface area contributed by atoms with E-state index in [1.54, 1.807) is 10.7 Å². The molecule has 6 aliphatic heterocycles. The number of hydrogen-bond donors (Lipinski definition) is 1.